The predicted molar refractivity (Wildman–Crippen MR) is 90.6 cm³/mol. The van der Waals surface area contributed by atoms with Gasteiger partial charge in [-0.25, -0.2) is 4.79 Å². The van der Waals surface area contributed by atoms with Gasteiger partial charge in [-0.05, 0) is 25.0 Å². The van der Waals surface area contributed by atoms with Crippen LogP contribution in [0.25, 0.3) is 0 Å². The molecule has 0 radical (unpaired) electrons. The van der Waals surface area contributed by atoms with Crippen molar-refractivity contribution in [3.63, 3.8) is 0 Å². The number of carbonyl (C=O) groups excluding carboxylic acids is 2. The lowest BCUT2D eigenvalue weighted by Crippen LogP contribution is -2.46. The molecule has 8 heteroatoms. The molecule has 1 aromatic carbocycles. The van der Waals surface area contributed by atoms with Gasteiger partial charge in [0.05, 0.1) is 28.4 Å². The molecule has 138 valence electrons. The third-order valence-electron chi connectivity index (χ3n) is 4.19. The monoisotopic (exact) mass is 352 g/mol. The van der Waals surface area contributed by atoms with Crippen molar-refractivity contribution >= 4 is 12.0 Å². The van der Waals surface area contributed by atoms with E-state index in [4.69, 9.17) is 18.9 Å². The van der Waals surface area contributed by atoms with E-state index in [0.717, 1.165) is 0 Å². The molecule has 1 aliphatic rings. The van der Waals surface area contributed by atoms with Gasteiger partial charge in [0.25, 0.3) is 5.91 Å². The molecule has 0 aliphatic carbocycles. The first-order chi connectivity index (χ1) is 12.0. The van der Waals surface area contributed by atoms with Gasteiger partial charge in [-0.3, -0.25) is 4.79 Å². The van der Waals surface area contributed by atoms with E-state index in [1.54, 1.807) is 17.0 Å². The summed E-state index contributed by atoms with van der Waals surface area (Å²) in [4.78, 5) is 25.7. The quantitative estimate of drug-likeness (QED) is 0.868. The van der Waals surface area contributed by atoms with Crippen LogP contribution in [-0.4, -0.2) is 64.5 Å². The van der Waals surface area contributed by atoms with E-state index in [0.29, 0.717) is 48.7 Å². The molecule has 25 heavy (non-hydrogen) atoms. The van der Waals surface area contributed by atoms with Gasteiger partial charge in [0.2, 0.25) is 5.75 Å². The maximum Gasteiger partial charge on any atom is 0.409 e. The molecule has 1 aromatic rings. The highest BCUT2D eigenvalue weighted by atomic mass is 16.5. The van der Waals surface area contributed by atoms with Gasteiger partial charge >= 0.3 is 6.09 Å². The highest BCUT2D eigenvalue weighted by Gasteiger charge is 2.25. The number of nitrogens with zero attached hydrogens (tertiary/aromatic N) is 1. The van der Waals surface area contributed by atoms with Crippen molar-refractivity contribution < 1.29 is 28.5 Å². The number of methoxy groups -OCH3 is 4. The largest absolute Gasteiger partial charge is 0.493 e. The Morgan fingerprint density at radius 3 is 2.00 bits per heavy atom. The number of likely N-dealkylation sites (tertiary alicyclic amines) is 1. The summed E-state index contributed by atoms with van der Waals surface area (Å²) in [5, 5.41) is 2.98. The van der Waals surface area contributed by atoms with Crippen molar-refractivity contribution in [2.75, 3.05) is 41.5 Å². The van der Waals surface area contributed by atoms with Crippen molar-refractivity contribution in [1.29, 1.82) is 0 Å². The van der Waals surface area contributed by atoms with E-state index in [1.807, 2.05) is 0 Å². The molecule has 0 spiro atoms. The van der Waals surface area contributed by atoms with Crippen LogP contribution >= 0.6 is 0 Å². The number of ether oxygens (including phenoxy) is 4. The van der Waals surface area contributed by atoms with Crippen molar-refractivity contribution in [3.8, 4) is 17.2 Å². The first kappa shape index (κ1) is 18.7. The molecule has 1 heterocycles. The summed E-state index contributed by atoms with van der Waals surface area (Å²) in [6.07, 6.45) is 1.01. The molecule has 8 nitrogen and oxygen atoms in total. The summed E-state index contributed by atoms with van der Waals surface area (Å²) >= 11 is 0. The van der Waals surface area contributed by atoms with E-state index in [-0.39, 0.29) is 18.0 Å². The maximum atomic E-state index is 12.6. The van der Waals surface area contributed by atoms with E-state index < -0.39 is 0 Å². The van der Waals surface area contributed by atoms with Gasteiger partial charge in [-0.1, -0.05) is 0 Å². The Hall–Kier alpha value is -2.64. The molecule has 1 fully saturated rings. The number of benzene rings is 1. The van der Waals surface area contributed by atoms with Gasteiger partial charge in [0.1, 0.15) is 0 Å². The molecule has 0 aromatic heterocycles. The molecule has 2 rings (SSSR count). The molecule has 1 aliphatic heterocycles. The minimum Gasteiger partial charge on any atom is -0.493 e. The van der Waals surface area contributed by atoms with Crippen LogP contribution in [0.4, 0.5) is 4.79 Å². The zero-order valence-electron chi connectivity index (χ0n) is 15.0. The molecular weight excluding hydrogens is 328 g/mol. The molecule has 1 saturated heterocycles. The van der Waals surface area contributed by atoms with E-state index >= 15 is 0 Å². The summed E-state index contributed by atoms with van der Waals surface area (Å²) in [5.74, 6) is 1.06. The Balaban J connectivity index is 2.05. The minimum absolute atomic E-state index is 0.00695. The van der Waals surface area contributed by atoms with Crippen molar-refractivity contribution in [3.05, 3.63) is 17.7 Å². The molecule has 0 atom stereocenters. The van der Waals surface area contributed by atoms with Gasteiger partial charge in [0.15, 0.2) is 11.5 Å². The lowest BCUT2D eigenvalue weighted by molar-refractivity contribution is 0.0891. The number of rotatable bonds is 5. The van der Waals surface area contributed by atoms with E-state index in [1.165, 1.54) is 28.4 Å². The lowest BCUT2D eigenvalue weighted by Gasteiger charge is -2.31. The Kier molecular flexibility index (Phi) is 6.32. The van der Waals surface area contributed by atoms with E-state index in [9.17, 15) is 9.59 Å². The Bertz CT molecular complexity index is 601. The lowest BCUT2D eigenvalue weighted by atomic mass is 10.0. The second-order valence-electron chi connectivity index (χ2n) is 5.62. The highest BCUT2D eigenvalue weighted by Crippen LogP contribution is 2.38. The molecule has 0 saturated carbocycles. The topological polar surface area (TPSA) is 86.3 Å². The molecule has 0 unspecified atom stereocenters. The van der Waals surface area contributed by atoms with Crippen LogP contribution in [0.15, 0.2) is 12.1 Å². The predicted octanol–water partition coefficient (Wildman–Crippen LogP) is 1.67. The van der Waals surface area contributed by atoms with Crippen LogP contribution in [0.3, 0.4) is 0 Å². The first-order valence-corrected chi connectivity index (χ1v) is 7.97. The Morgan fingerprint density at radius 2 is 1.56 bits per heavy atom. The third-order valence-corrected chi connectivity index (χ3v) is 4.19. The number of amides is 2. The number of carbonyl (C=O) groups is 2. The number of hydrogen-bond donors (Lipinski definition) is 1. The van der Waals surface area contributed by atoms with Gasteiger partial charge < -0.3 is 29.2 Å². The zero-order chi connectivity index (χ0) is 18.4. The zero-order valence-corrected chi connectivity index (χ0v) is 15.0. The minimum atomic E-state index is -0.339. The number of piperidine rings is 1. The second-order valence-corrected chi connectivity index (χ2v) is 5.62. The van der Waals surface area contributed by atoms with Gasteiger partial charge in [0, 0.05) is 24.7 Å². The Morgan fingerprint density at radius 1 is 1.00 bits per heavy atom. The first-order valence-electron chi connectivity index (χ1n) is 7.97. The van der Waals surface area contributed by atoms with Crippen LogP contribution < -0.4 is 19.5 Å². The fourth-order valence-electron chi connectivity index (χ4n) is 2.82. The van der Waals surface area contributed by atoms with Gasteiger partial charge in [-0.2, -0.15) is 0 Å². The SMILES string of the molecule is COC(=O)N1CCC(NC(=O)c2cc(OC)c(OC)c(OC)c2)CC1. The van der Waals surface area contributed by atoms with Crippen molar-refractivity contribution in [2.24, 2.45) is 0 Å². The van der Waals surface area contributed by atoms with Crippen LogP contribution in [0, 0.1) is 0 Å². The summed E-state index contributed by atoms with van der Waals surface area (Å²) < 4.78 is 20.5. The third kappa shape index (κ3) is 4.26. The summed E-state index contributed by atoms with van der Waals surface area (Å²) in [6, 6.07) is 3.22. The average Bonchev–Trinajstić information content (AvgIpc) is 2.66. The standard InChI is InChI=1S/C17H24N2O6/c1-22-13-9-11(10-14(23-2)15(13)24-3)16(20)18-12-5-7-19(8-6-12)17(21)25-4/h9-10,12H,5-8H2,1-4H3,(H,18,20). The maximum absolute atomic E-state index is 12.6. The highest BCUT2D eigenvalue weighted by molar-refractivity contribution is 5.95. The summed E-state index contributed by atoms with van der Waals surface area (Å²) in [5.41, 5.74) is 0.421. The molecule has 0 bridgehead atoms. The summed E-state index contributed by atoms with van der Waals surface area (Å²) in [6.45, 7) is 1.10. The van der Waals surface area contributed by atoms with Crippen LogP contribution in [0.1, 0.15) is 23.2 Å². The van der Waals surface area contributed by atoms with Crippen LogP contribution in [-0.2, 0) is 4.74 Å². The molecular formula is C17H24N2O6. The fourth-order valence-corrected chi connectivity index (χ4v) is 2.82. The van der Waals surface area contributed by atoms with Crippen LogP contribution in [0.2, 0.25) is 0 Å². The van der Waals surface area contributed by atoms with Gasteiger partial charge in [-0.15, -0.1) is 0 Å². The van der Waals surface area contributed by atoms with Crippen molar-refractivity contribution in [2.45, 2.75) is 18.9 Å². The van der Waals surface area contributed by atoms with Crippen LogP contribution in [0.5, 0.6) is 17.2 Å². The Labute approximate surface area is 147 Å². The average molecular weight is 352 g/mol. The molecule has 1 N–H and O–H groups in total. The fraction of sp³-hybridized carbons (Fsp3) is 0.529. The number of nitrogens with one attached hydrogen (secondary N) is 1. The number of hydrogen-bond acceptors (Lipinski definition) is 6. The smallest absolute Gasteiger partial charge is 0.409 e. The summed E-state index contributed by atoms with van der Waals surface area (Å²) in [7, 11) is 5.87. The molecule has 2 amide bonds. The second kappa shape index (κ2) is 8.46. The van der Waals surface area contributed by atoms with E-state index in [2.05, 4.69) is 5.32 Å². The van der Waals surface area contributed by atoms with Crippen molar-refractivity contribution in [1.82, 2.24) is 10.2 Å². The normalized spacial score (nSPS) is 14.6.